The first-order valence-electron chi connectivity index (χ1n) is 4.78. The average Bonchev–Trinajstić information content (AvgIpc) is 2.28. The molecule has 0 heterocycles. The van der Waals surface area contributed by atoms with Gasteiger partial charge in [-0.25, -0.2) is 4.79 Å². The van der Waals surface area contributed by atoms with E-state index in [2.05, 4.69) is 0 Å². The zero-order valence-electron chi connectivity index (χ0n) is 9.16. The molecule has 0 atom stereocenters. The number of carboxylic acid groups (broad SMARTS) is 1. The zero-order chi connectivity index (χ0) is 13.7. The maximum Gasteiger partial charge on any atom is 0.329 e. The van der Waals surface area contributed by atoms with Gasteiger partial charge in [-0.3, -0.25) is 14.9 Å². The molecule has 18 heavy (non-hydrogen) atoms. The summed E-state index contributed by atoms with van der Waals surface area (Å²) in [5, 5.41) is 19.1. The van der Waals surface area contributed by atoms with Crippen LogP contribution in [0.1, 0.15) is 15.9 Å². The van der Waals surface area contributed by atoms with Crippen molar-refractivity contribution in [2.24, 2.45) is 5.73 Å². The first kappa shape index (κ1) is 13.6. The number of primary amides is 1. The Balaban J connectivity index is 2.93. The normalized spacial score (nSPS) is 10.0. The van der Waals surface area contributed by atoms with Crippen molar-refractivity contribution in [3.63, 3.8) is 0 Å². The molecule has 0 radical (unpaired) electrons. The van der Waals surface area contributed by atoms with E-state index in [9.17, 15) is 19.7 Å². The maximum absolute atomic E-state index is 10.9. The highest BCUT2D eigenvalue weighted by molar-refractivity contribution is 5.93. The van der Waals surface area contributed by atoms with Gasteiger partial charge in [-0.05, 0) is 12.1 Å². The van der Waals surface area contributed by atoms with E-state index in [0.717, 1.165) is 6.07 Å². The summed E-state index contributed by atoms with van der Waals surface area (Å²) in [7, 11) is 0. The lowest BCUT2D eigenvalue weighted by molar-refractivity contribution is -0.386. The Morgan fingerprint density at radius 3 is 2.61 bits per heavy atom. The fourth-order valence-corrected chi connectivity index (χ4v) is 1.26. The number of hydrogen-bond acceptors (Lipinski definition) is 5. The van der Waals surface area contributed by atoms with Crippen LogP contribution >= 0.6 is 0 Å². The van der Waals surface area contributed by atoms with Crippen LogP contribution in [0.2, 0.25) is 0 Å². The van der Waals surface area contributed by atoms with Crippen molar-refractivity contribution in [1.82, 2.24) is 0 Å². The molecule has 96 valence electrons. The van der Waals surface area contributed by atoms with Crippen LogP contribution in [0.15, 0.2) is 18.2 Å². The molecular formula is C10H10N2O6. The zero-order valence-corrected chi connectivity index (χ0v) is 9.16. The fourth-order valence-electron chi connectivity index (χ4n) is 1.26. The second-order valence-electron chi connectivity index (χ2n) is 3.35. The Kier molecular flexibility index (Phi) is 4.33. The molecule has 0 aliphatic heterocycles. The summed E-state index contributed by atoms with van der Waals surface area (Å²) >= 11 is 0. The summed E-state index contributed by atoms with van der Waals surface area (Å²) in [6.45, 7) is -0.795. The fraction of sp³-hybridized carbons (Fsp3) is 0.200. The number of benzene rings is 1. The lowest BCUT2D eigenvalue weighted by Crippen LogP contribution is -2.12. The van der Waals surface area contributed by atoms with Gasteiger partial charge in [0, 0.05) is 11.6 Å². The van der Waals surface area contributed by atoms with Crippen LogP contribution in [-0.4, -0.2) is 28.5 Å². The van der Waals surface area contributed by atoms with Crippen LogP contribution in [0.4, 0.5) is 5.69 Å². The number of carbonyl (C=O) groups is 2. The molecule has 8 heteroatoms. The molecular weight excluding hydrogens is 244 g/mol. The van der Waals surface area contributed by atoms with E-state index in [-0.39, 0.29) is 23.4 Å². The Morgan fingerprint density at radius 1 is 1.44 bits per heavy atom. The summed E-state index contributed by atoms with van der Waals surface area (Å²) in [4.78, 5) is 31.2. The minimum atomic E-state index is -1.17. The minimum absolute atomic E-state index is 0.00341. The van der Waals surface area contributed by atoms with Crippen LogP contribution in [0.3, 0.4) is 0 Å². The lowest BCUT2D eigenvalue weighted by Gasteiger charge is -2.04. The van der Waals surface area contributed by atoms with E-state index in [1.807, 2.05) is 0 Å². The summed E-state index contributed by atoms with van der Waals surface area (Å²) in [5.41, 5.74) is 4.84. The third-order valence-corrected chi connectivity index (χ3v) is 2.05. The highest BCUT2D eigenvalue weighted by atomic mass is 16.6. The summed E-state index contributed by atoms with van der Waals surface area (Å²) in [5.74, 6) is -1.96. The molecule has 3 N–H and O–H groups in total. The highest BCUT2D eigenvalue weighted by Crippen LogP contribution is 2.21. The van der Waals surface area contributed by atoms with Crippen molar-refractivity contribution in [3.05, 3.63) is 39.4 Å². The topological polar surface area (TPSA) is 133 Å². The molecule has 0 aliphatic carbocycles. The Bertz CT molecular complexity index is 499. The van der Waals surface area contributed by atoms with Gasteiger partial charge in [0.15, 0.2) is 0 Å². The molecule has 0 bridgehead atoms. The van der Waals surface area contributed by atoms with Crippen LogP contribution in [-0.2, 0) is 16.1 Å². The second-order valence-corrected chi connectivity index (χ2v) is 3.35. The van der Waals surface area contributed by atoms with Crippen molar-refractivity contribution in [1.29, 1.82) is 0 Å². The number of nitro groups is 1. The monoisotopic (exact) mass is 254 g/mol. The number of nitrogens with two attached hydrogens (primary N) is 1. The van der Waals surface area contributed by atoms with Crippen LogP contribution in [0, 0.1) is 10.1 Å². The third-order valence-electron chi connectivity index (χ3n) is 2.05. The van der Waals surface area contributed by atoms with Gasteiger partial charge >= 0.3 is 5.97 Å². The molecule has 1 rings (SSSR count). The standard InChI is InChI=1S/C10H10N2O6/c11-10(15)6-1-2-7(4-18-5-9(13)14)8(3-6)12(16)17/h1-3H,4-5H2,(H2,11,15)(H,13,14). The van der Waals surface area contributed by atoms with Gasteiger partial charge in [0.1, 0.15) is 6.61 Å². The van der Waals surface area contributed by atoms with E-state index in [1.54, 1.807) is 0 Å². The summed E-state index contributed by atoms with van der Waals surface area (Å²) < 4.78 is 4.75. The molecule has 1 amide bonds. The van der Waals surface area contributed by atoms with Crippen molar-refractivity contribution >= 4 is 17.6 Å². The van der Waals surface area contributed by atoms with Gasteiger partial charge in [-0.1, -0.05) is 0 Å². The number of carbonyl (C=O) groups excluding carboxylic acids is 1. The number of hydrogen-bond donors (Lipinski definition) is 2. The Hall–Kier alpha value is -2.48. The predicted molar refractivity (Wildman–Crippen MR) is 58.9 cm³/mol. The van der Waals surface area contributed by atoms with Crippen LogP contribution in [0.5, 0.6) is 0 Å². The van der Waals surface area contributed by atoms with E-state index in [4.69, 9.17) is 15.6 Å². The summed E-state index contributed by atoms with van der Waals surface area (Å²) in [6.07, 6.45) is 0. The Morgan fingerprint density at radius 2 is 2.11 bits per heavy atom. The molecule has 0 saturated heterocycles. The van der Waals surface area contributed by atoms with Crippen LogP contribution in [0.25, 0.3) is 0 Å². The number of nitro benzene ring substituents is 1. The minimum Gasteiger partial charge on any atom is -0.480 e. The number of nitrogens with zero attached hydrogens (tertiary/aromatic N) is 1. The van der Waals surface area contributed by atoms with Crippen molar-refractivity contribution in [2.75, 3.05) is 6.61 Å². The largest absolute Gasteiger partial charge is 0.480 e. The first-order chi connectivity index (χ1) is 8.41. The SMILES string of the molecule is NC(=O)c1ccc(COCC(=O)O)c([N+](=O)[O-])c1. The van der Waals surface area contributed by atoms with Gasteiger partial charge in [0.25, 0.3) is 5.69 Å². The van der Waals surface area contributed by atoms with E-state index >= 15 is 0 Å². The van der Waals surface area contributed by atoms with Gasteiger partial charge < -0.3 is 15.6 Å². The molecule has 0 saturated carbocycles. The van der Waals surface area contributed by atoms with Gasteiger partial charge in [-0.2, -0.15) is 0 Å². The quantitative estimate of drug-likeness (QED) is 0.553. The molecule has 8 nitrogen and oxygen atoms in total. The number of amides is 1. The van der Waals surface area contributed by atoms with E-state index in [1.165, 1.54) is 12.1 Å². The molecule has 0 fully saturated rings. The maximum atomic E-state index is 10.9. The third kappa shape index (κ3) is 3.52. The average molecular weight is 254 g/mol. The number of ether oxygens (including phenoxy) is 1. The van der Waals surface area contributed by atoms with Crippen molar-refractivity contribution in [2.45, 2.75) is 6.61 Å². The predicted octanol–water partition coefficient (Wildman–Crippen LogP) is 0.295. The number of aliphatic carboxylic acids is 1. The summed E-state index contributed by atoms with van der Waals surface area (Å²) in [6, 6.07) is 3.65. The van der Waals surface area contributed by atoms with Gasteiger partial charge in [0.05, 0.1) is 17.1 Å². The molecule has 1 aromatic rings. The van der Waals surface area contributed by atoms with E-state index in [0.29, 0.717) is 0 Å². The lowest BCUT2D eigenvalue weighted by atomic mass is 10.1. The molecule has 0 spiro atoms. The van der Waals surface area contributed by atoms with Crippen molar-refractivity contribution in [3.8, 4) is 0 Å². The first-order valence-corrected chi connectivity index (χ1v) is 4.78. The highest BCUT2D eigenvalue weighted by Gasteiger charge is 2.16. The number of rotatable bonds is 6. The molecule has 0 unspecified atom stereocenters. The van der Waals surface area contributed by atoms with Gasteiger partial charge in [-0.15, -0.1) is 0 Å². The Labute approximate surface area is 101 Å². The molecule has 0 aliphatic rings. The van der Waals surface area contributed by atoms with Crippen LogP contribution < -0.4 is 5.73 Å². The van der Waals surface area contributed by atoms with E-state index < -0.39 is 23.4 Å². The second kappa shape index (κ2) is 5.73. The van der Waals surface area contributed by atoms with Gasteiger partial charge in [0.2, 0.25) is 5.91 Å². The molecule has 0 aromatic heterocycles. The number of carboxylic acids is 1. The smallest absolute Gasteiger partial charge is 0.329 e. The molecule has 1 aromatic carbocycles. The van der Waals surface area contributed by atoms with Crippen molar-refractivity contribution < 1.29 is 24.4 Å².